The molecule has 2 saturated heterocycles. The van der Waals surface area contributed by atoms with Crippen LogP contribution in [0.1, 0.15) is 46.5 Å². The Labute approximate surface area is 106 Å². The molecule has 0 saturated carbocycles. The maximum atomic E-state index is 5.80. The highest BCUT2D eigenvalue weighted by molar-refractivity contribution is 4.82. The largest absolute Gasteiger partial charge is 0.373 e. The lowest BCUT2D eigenvalue weighted by atomic mass is 9.97. The molecule has 2 aliphatic rings. The van der Waals surface area contributed by atoms with E-state index in [4.69, 9.17) is 4.74 Å². The predicted octanol–water partition coefficient (Wildman–Crippen LogP) is 2.02. The fourth-order valence-electron chi connectivity index (χ4n) is 3.26. The van der Waals surface area contributed by atoms with Crippen molar-refractivity contribution in [2.24, 2.45) is 0 Å². The Balaban J connectivity index is 1.79. The minimum Gasteiger partial charge on any atom is -0.373 e. The van der Waals surface area contributed by atoms with Crippen LogP contribution in [0.2, 0.25) is 0 Å². The Hall–Kier alpha value is -0.120. The normalized spacial score (nSPS) is 37.9. The van der Waals surface area contributed by atoms with E-state index in [-0.39, 0.29) is 0 Å². The van der Waals surface area contributed by atoms with E-state index in [1.807, 2.05) is 0 Å². The molecular formula is C14H28N2O. The second-order valence-electron chi connectivity index (χ2n) is 5.94. The summed E-state index contributed by atoms with van der Waals surface area (Å²) in [7, 11) is 0. The second kappa shape index (κ2) is 6.17. The molecule has 0 spiro atoms. The molecule has 1 N–H and O–H groups in total. The molecule has 0 aromatic carbocycles. The number of ether oxygens (including phenoxy) is 1. The summed E-state index contributed by atoms with van der Waals surface area (Å²) < 4.78 is 5.80. The van der Waals surface area contributed by atoms with Gasteiger partial charge in [-0.05, 0) is 46.6 Å². The molecule has 2 heterocycles. The number of morpholine rings is 1. The van der Waals surface area contributed by atoms with E-state index >= 15 is 0 Å². The zero-order valence-electron chi connectivity index (χ0n) is 11.6. The third-order valence-electron chi connectivity index (χ3n) is 4.11. The van der Waals surface area contributed by atoms with Crippen molar-refractivity contribution < 1.29 is 4.74 Å². The van der Waals surface area contributed by atoms with E-state index in [2.05, 4.69) is 31.0 Å². The Bertz CT molecular complexity index is 218. The zero-order valence-corrected chi connectivity index (χ0v) is 11.6. The fourth-order valence-corrected chi connectivity index (χ4v) is 3.26. The van der Waals surface area contributed by atoms with Crippen LogP contribution in [-0.4, -0.2) is 48.8 Å². The van der Waals surface area contributed by atoms with Gasteiger partial charge in [-0.1, -0.05) is 6.42 Å². The van der Waals surface area contributed by atoms with E-state index in [0.717, 1.165) is 19.1 Å². The summed E-state index contributed by atoms with van der Waals surface area (Å²) in [4.78, 5) is 2.61. The molecule has 0 aliphatic carbocycles. The molecule has 2 rings (SSSR count). The lowest BCUT2D eigenvalue weighted by Gasteiger charge is -2.40. The van der Waals surface area contributed by atoms with Crippen LogP contribution in [0.4, 0.5) is 0 Å². The quantitative estimate of drug-likeness (QED) is 0.817. The Morgan fingerprint density at radius 1 is 1.24 bits per heavy atom. The highest BCUT2D eigenvalue weighted by Gasteiger charge is 2.27. The van der Waals surface area contributed by atoms with Gasteiger partial charge in [-0.2, -0.15) is 0 Å². The van der Waals surface area contributed by atoms with Crippen LogP contribution in [0, 0.1) is 0 Å². The number of rotatable bonds is 3. The van der Waals surface area contributed by atoms with Gasteiger partial charge < -0.3 is 10.1 Å². The SMILES string of the molecule is CC(CC1CCCCN1)N1C[C@@H](C)O[C@@H](C)C1. The molecule has 0 bridgehead atoms. The topological polar surface area (TPSA) is 24.5 Å². The van der Waals surface area contributed by atoms with Crippen molar-refractivity contribution in [2.45, 2.75) is 70.7 Å². The van der Waals surface area contributed by atoms with E-state index in [1.54, 1.807) is 0 Å². The van der Waals surface area contributed by atoms with Crippen molar-refractivity contribution in [3.05, 3.63) is 0 Å². The van der Waals surface area contributed by atoms with Crippen LogP contribution < -0.4 is 5.32 Å². The van der Waals surface area contributed by atoms with Crippen molar-refractivity contribution in [3.63, 3.8) is 0 Å². The van der Waals surface area contributed by atoms with Gasteiger partial charge in [-0.3, -0.25) is 4.90 Å². The summed E-state index contributed by atoms with van der Waals surface area (Å²) in [5.41, 5.74) is 0. The van der Waals surface area contributed by atoms with E-state index in [0.29, 0.717) is 18.2 Å². The molecule has 0 radical (unpaired) electrons. The van der Waals surface area contributed by atoms with Crippen molar-refractivity contribution in [1.82, 2.24) is 10.2 Å². The minimum atomic E-state index is 0.389. The zero-order chi connectivity index (χ0) is 12.3. The summed E-state index contributed by atoms with van der Waals surface area (Å²) in [5.74, 6) is 0. The third kappa shape index (κ3) is 3.94. The van der Waals surface area contributed by atoms with Crippen LogP contribution in [0.15, 0.2) is 0 Å². The monoisotopic (exact) mass is 240 g/mol. The molecule has 2 aliphatic heterocycles. The van der Waals surface area contributed by atoms with Crippen molar-refractivity contribution in [3.8, 4) is 0 Å². The number of hydrogen-bond donors (Lipinski definition) is 1. The van der Waals surface area contributed by atoms with Crippen LogP contribution in [0.25, 0.3) is 0 Å². The maximum Gasteiger partial charge on any atom is 0.0678 e. The van der Waals surface area contributed by atoms with E-state index in [9.17, 15) is 0 Å². The summed E-state index contributed by atoms with van der Waals surface area (Å²) in [6.07, 6.45) is 6.19. The average molecular weight is 240 g/mol. The number of piperidine rings is 1. The standard InChI is InChI=1S/C14H28N2O/c1-11(8-14-6-4-5-7-15-14)16-9-12(2)17-13(3)10-16/h11-15H,4-10H2,1-3H3/t11?,12-,13+,14?. The first-order chi connectivity index (χ1) is 8.15. The Kier molecular flexibility index (Phi) is 4.83. The van der Waals surface area contributed by atoms with E-state index < -0.39 is 0 Å². The van der Waals surface area contributed by atoms with Gasteiger partial charge in [-0.25, -0.2) is 0 Å². The van der Waals surface area contributed by atoms with E-state index in [1.165, 1.54) is 32.2 Å². The molecule has 100 valence electrons. The van der Waals surface area contributed by atoms with Crippen LogP contribution in [-0.2, 0) is 4.74 Å². The molecule has 3 nitrogen and oxygen atoms in total. The highest BCUT2D eigenvalue weighted by atomic mass is 16.5. The first-order valence-corrected chi connectivity index (χ1v) is 7.28. The fraction of sp³-hybridized carbons (Fsp3) is 1.00. The lowest BCUT2D eigenvalue weighted by molar-refractivity contribution is -0.0801. The van der Waals surface area contributed by atoms with Crippen LogP contribution >= 0.6 is 0 Å². The summed E-state index contributed by atoms with van der Waals surface area (Å²) >= 11 is 0. The lowest BCUT2D eigenvalue weighted by Crippen LogP contribution is -2.51. The molecule has 3 heteroatoms. The molecule has 0 amide bonds. The first kappa shape index (κ1) is 13.3. The van der Waals surface area contributed by atoms with Gasteiger partial charge in [-0.15, -0.1) is 0 Å². The Morgan fingerprint density at radius 2 is 1.94 bits per heavy atom. The average Bonchev–Trinajstić information content (AvgIpc) is 2.29. The summed E-state index contributed by atoms with van der Waals surface area (Å²) in [6.45, 7) is 10.2. The minimum absolute atomic E-state index is 0.389. The third-order valence-corrected chi connectivity index (χ3v) is 4.11. The van der Waals surface area contributed by atoms with Gasteiger partial charge in [0.1, 0.15) is 0 Å². The van der Waals surface area contributed by atoms with Gasteiger partial charge in [0.15, 0.2) is 0 Å². The molecule has 17 heavy (non-hydrogen) atoms. The number of hydrogen-bond acceptors (Lipinski definition) is 3. The van der Waals surface area contributed by atoms with Gasteiger partial charge in [0.25, 0.3) is 0 Å². The Morgan fingerprint density at radius 3 is 2.53 bits per heavy atom. The highest BCUT2D eigenvalue weighted by Crippen LogP contribution is 2.19. The molecule has 0 aromatic rings. The second-order valence-corrected chi connectivity index (χ2v) is 5.94. The van der Waals surface area contributed by atoms with Gasteiger partial charge in [0.2, 0.25) is 0 Å². The van der Waals surface area contributed by atoms with Crippen molar-refractivity contribution in [1.29, 1.82) is 0 Å². The molecule has 2 unspecified atom stereocenters. The van der Waals surface area contributed by atoms with Gasteiger partial charge in [0.05, 0.1) is 12.2 Å². The molecule has 4 atom stereocenters. The molecule has 2 fully saturated rings. The molecule has 0 aromatic heterocycles. The molecular weight excluding hydrogens is 212 g/mol. The predicted molar refractivity (Wildman–Crippen MR) is 71.3 cm³/mol. The summed E-state index contributed by atoms with van der Waals surface area (Å²) in [6, 6.07) is 1.42. The first-order valence-electron chi connectivity index (χ1n) is 7.28. The smallest absolute Gasteiger partial charge is 0.0678 e. The summed E-state index contributed by atoms with van der Waals surface area (Å²) in [5, 5.41) is 3.65. The van der Waals surface area contributed by atoms with Crippen molar-refractivity contribution >= 4 is 0 Å². The van der Waals surface area contributed by atoms with Gasteiger partial charge >= 0.3 is 0 Å². The van der Waals surface area contributed by atoms with Crippen molar-refractivity contribution in [2.75, 3.05) is 19.6 Å². The van der Waals surface area contributed by atoms with Crippen LogP contribution in [0.5, 0.6) is 0 Å². The maximum absolute atomic E-state index is 5.80. The number of nitrogens with zero attached hydrogens (tertiary/aromatic N) is 1. The van der Waals surface area contributed by atoms with Gasteiger partial charge in [0, 0.05) is 25.2 Å². The number of nitrogens with one attached hydrogen (secondary N) is 1. The van der Waals surface area contributed by atoms with Crippen LogP contribution in [0.3, 0.4) is 0 Å².